The van der Waals surface area contributed by atoms with Crippen molar-refractivity contribution in [3.63, 3.8) is 0 Å². The Kier molecular flexibility index (Phi) is 3.24. The van der Waals surface area contributed by atoms with E-state index in [4.69, 9.17) is 10.4 Å². The SMILES string of the molecule is C/C(=C/c1ccccc1C#N)CO. The Morgan fingerprint density at radius 1 is 1.54 bits per heavy atom. The first kappa shape index (κ1) is 9.50. The zero-order chi connectivity index (χ0) is 9.68. The van der Waals surface area contributed by atoms with Gasteiger partial charge in [0.15, 0.2) is 0 Å². The summed E-state index contributed by atoms with van der Waals surface area (Å²) in [4.78, 5) is 0. The molecule has 13 heavy (non-hydrogen) atoms. The van der Waals surface area contributed by atoms with Crippen LogP contribution in [0.4, 0.5) is 0 Å². The molecule has 66 valence electrons. The maximum atomic E-state index is 8.81. The standard InChI is InChI=1S/C11H11NO/c1-9(8-13)6-10-4-2-3-5-11(10)7-12/h2-6,13H,8H2,1H3/b9-6-. The molecule has 0 fully saturated rings. The van der Waals surface area contributed by atoms with Gasteiger partial charge in [-0.1, -0.05) is 24.3 Å². The lowest BCUT2D eigenvalue weighted by atomic mass is 10.1. The van der Waals surface area contributed by atoms with Crippen LogP contribution in [0.25, 0.3) is 6.08 Å². The second-order valence-corrected chi connectivity index (χ2v) is 2.85. The van der Waals surface area contributed by atoms with Gasteiger partial charge in [0.2, 0.25) is 0 Å². The van der Waals surface area contributed by atoms with Gasteiger partial charge in [0.05, 0.1) is 18.2 Å². The molecule has 1 aromatic rings. The van der Waals surface area contributed by atoms with E-state index in [-0.39, 0.29) is 6.61 Å². The van der Waals surface area contributed by atoms with Crippen LogP contribution in [0.2, 0.25) is 0 Å². The molecule has 0 atom stereocenters. The molecular formula is C11H11NO. The Bertz CT molecular complexity index is 361. The van der Waals surface area contributed by atoms with Crippen LogP contribution >= 0.6 is 0 Å². The van der Waals surface area contributed by atoms with Crippen LogP contribution in [0.5, 0.6) is 0 Å². The summed E-state index contributed by atoms with van der Waals surface area (Å²) in [5.41, 5.74) is 2.34. The van der Waals surface area contributed by atoms with Gasteiger partial charge in [-0.05, 0) is 24.1 Å². The molecule has 0 amide bonds. The van der Waals surface area contributed by atoms with Crippen molar-refractivity contribution in [1.29, 1.82) is 5.26 Å². The highest BCUT2D eigenvalue weighted by Gasteiger charge is 1.96. The molecule has 0 unspecified atom stereocenters. The summed E-state index contributed by atoms with van der Waals surface area (Å²) < 4.78 is 0. The molecule has 0 heterocycles. The molecule has 0 saturated carbocycles. The highest BCUT2D eigenvalue weighted by Crippen LogP contribution is 2.11. The molecule has 1 aromatic carbocycles. The minimum Gasteiger partial charge on any atom is -0.392 e. The van der Waals surface area contributed by atoms with Crippen LogP contribution in [0.15, 0.2) is 29.8 Å². The third-order valence-corrected chi connectivity index (χ3v) is 1.73. The number of aliphatic hydroxyl groups is 1. The van der Waals surface area contributed by atoms with Crippen LogP contribution < -0.4 is 0 Å². The predicted molar refractivity (Wildman–Crippen MR) is 51.9 cm³/mol. The molecule has 0 bridgehead atoms. The van der Waals surface area contributed by atoms with Gasteiger partial charge in [-0.3, -0.25) is 0 Å². The molecule has 0 aliphatic carbocycles. The summed E-state index contributed by atoms with van der Waals surface area (Å²) in [5, 5.41) is 17.6. The van der Waals surface area contributed by atoms with Crippen LogP contribution in [0.3, 0.4) is 0 Å². The van der Waals surface area contributed by atoms with Gasteiger partial charge in [0.1, 0.15) is 0 Å². The smallest absolute Gasteiger partial charge is 0.0997 e. The third-order valence-electron chi connectivity index (χ3n) is 1.73. The van der Waals surface area contributed by atoms with Crippen molar-refractivity contribution in [3.8, 4) is 6.07 Å². The minimum atomic E-state index is 0.0275. The normalized spacial score (nSPS) is 11.0. The zero-order valence-electron chi connectivity index (χ0n) is 7.49. The third kappa shape index (κ3) is 2.43. The van der Waals surface area contributed by atoms with Crippen molar-refractivity contribution in [2.45, 2.75) is 6.92 Å². The van der Waals surface area contributed by atoms with E-state index in [1.165, 1.54) is 0 Å². The highest BCUT2D eigenvalue weighted by molar-refractivity contribution is 5.59. The van der Waals surface area contributed by atoms with Crippen LogP contribution in [0.1, 0.15) is 18.1 Å². The molecule has 0 aliphatic rings. The van der Waals surface area contributed by atoms with Crippen LogP contribution in [-0.4, -0.2) is 11.7 Å². The summed E-state index contributed by atoms with van der Waals surface area (Å²) in [6.45, 7) is 1.86. The van der Waals surface area contributed by atoms with Gasteiger partial charge in [-0.25, -0.2) is 0 Å². The Labute approximate surface area is 77.8 Å². The molecular weight excluding hydrogens is 162 g/mol. The van der Waals surface area contributed by atoms with E-state index < -0.39 is 0 Å². The maximum absolute atomic E-state index is 8.81. The Hall–Kier alpha value is -1.59. The second kappa shape index (κ2) is 4.44. The minimum absolute atomic E-state index is 0.0275. The number of hydrogen-bond acceptors (Lipinski definition) is 2. The summed E-state index contributed by atoms with van der Waals surface area (Å²) in [6.07, 6.45) is 1.82. The van der Waals surface area contributed by atoms with Gasteiger partial charge in [0.25, 0.3) is 0 Å². The van der Waals surface area contributed by atoms with Crippen molar-refractivity contribution in [1.82, 2.24) is 0 Å². The number of nitriles is 1. The monoisotopic (exact) mass is 173 g/mol. The van der Waals surface area contributed by atoms with Gasteiger partial charge in [-0.2, -0.15) is 5.26 Å². The summed E-state index contributed by atoms with van der Waals surface area (Å²) in [6, 6.07) is 9.41. The van der Waals surface area contributed by atoms with Gasteiger partial charge >= 0.3 is 0 Å². The Morgan fingerprint density at radius 2 is 2.23 bits per heavy atom. The maximum Gasteiger partial charge on any atom is 0.0997 e. The fourth-order valence-corrected chi connectivity index (χ4v) is 1.04. The lowest BCUT2D eigenvalue weighted by Gasteiger charge is -1.98. The van der Waals surface area contributed by atoms with Gasteiger partial charge in [0, 0.05) is 0 Å². The molecule has 1 N–H and O–H groups in total. The Balaban J connectivity index is 3.09. The van der Waals surface area contributed by atoms with Crippen molar-refractivity contribution in [2.24, 2.45) is 0 Å². The molecule has 2 nitrogen and oxygen atoms in total. The van der Waals surface area contributed by atoms with E-state index in [0.29, 0.717) is 5.56 Å². The highest BCUT2D eigenvalue weighted by atomic mass is 16.3. The number of nitrogens with zero attached hydrogens (tertiary/aromatic N) is 1. The van der Waals surface area contributed by atoms with E-state index in [0.717, 1.165) is 11.1 Å². The number of benzene rings is 1. The molecule has 0 saturated heterocycles. The quantitative estimate of drug-likeness (QED) is 0.742. The first-order valence-corrected chi connectivity index (χ1v) is 4.05. The summed E-state index contributed by atoms with van der Waals surface area (Å²) in [7, 11) is 0. The largest absolute Gasteiger partial charge is 0.392 e. The first-order valence-electron chi connectivity index (χ1n) is 4.05. The van der Waals surface area contributed by atoms with Crippen LogP contribution in [-0.2, 0) is 0 Å². The Morgan fingerprint density at radius 3 is 2.85 bits per heavy atom. The fraction of sp³-hybridized carbons (Fsp3) is 0.182. The number of hydrogen-bond donors (Lipinski definition) is 1. The van der Waals surface area contributed by atoms with Crippen LogP contribution in [0, 0.1) is 11.3 Å². The predicted octanol–water partition coefficient (Wildman–Crippen LogP) is 1.95. The number of rotatable bonds is 2. The average molecular weight is 173 g/mol. The second-order valence-electron chi connectivity index (χ2n) is 2.85. The topological polar surface area (TPSA) is 44.0 Å². The molecule has 0 spiro atoms. The molecule has 0 radical (unpaired) electrons. The van der Waals surface area contributed by atoms with E-state index >= 15 is 0 Å². The molecule has 0 aromatic heterocycles. The average Bonchev–Trinajstić information content (AvgIpc) is 2.18. The van der Waals surface area contributed by atoms with E-state index in [2.05, 4.69) is 6.07 Å². The van der Waals surface area contributed by atoms with E-state index in [9.17, 15) is 0 Å². The van der Waals surface area contributed by atoms with Gasteiger partial charge < -0.3 is 5.11 Å². The molecule has 1 rings (SSSR count). The number of aliphatic hydroxyl groups excluding tert-OH is 1. The van der Waals surface area contributed by atoms with Crippen molar-refractivity contribution in [2.75, 3.05) is 6.61 Å². The zero-order valence-corrected chi connectivity index (χ0v) is 7.49. The van der Waals surface area contributed by atoms with E-state index in [1.807, 2.05) is 31.2 Å². The lowest BCUT2D eigenvalue weighted by molar-refractivity contribution is 0.332. The van der Waals surface area contributed by atoms with Crippen molar-refractivity contribution >= 4 is 6.08 Å². The fourth-order valence-electron chi connectivity index (χ4n) is 1.04. The molecule has 2 heteroatoms. The lowest BCUT2D eigenvalue weighted by Crippen LogP contribution is -1.86. The van der Waals surface area contributed by atoms with Crippen molar-refractivity contribution < 1.29 is 5.11 Å². The van der Waals surface area contributed by atoms with Gasteiger partial charge in [-0.15, -0.1) is 0 Å². The first-order chi connectivity index (χ1) is 6.27. The summed E-state index contributed by atoms with van der Waals surface area (Å²) in [5.74, 6) is 0. The van der Waals surface area contributed by atoms with Crippen molar-refractivity contribution in [3.05, 3.63) is 41.0 Å². The van der Waals surface area contributed by atoms with E-state index in [1.54, 1.807) is 6.07 Å². The summed E-state index contributed by atoms with van der Waals surface area (Å²) >= 11 is 0. The molecule has 0 aliphatic heterocycles.